The van der Waals surface area contributed by atoms with Gasteiger partial charge in [0.2, 0.25) is 0 Å². The van der Waals surface area contributed by atoms with E-state index in [2.05, 4.69) is 30.3 Å². The van der Waals surface area contributed by atoms with Gasteiger partial charge in [-0.05, 0) is 37.7 Å². The van der Waals surface area contributed by atoms with Gasteiger partial charge in [0.1, 0.15) is 0 Å². The van der Waals surface area contributed by atoms with Crippen molar-refractivity contribution in [1.82, 2.24) is 10.2 Å². The molecule has 1 aromatic rings. The van der Waals surface area contributed by atoms with Crippen LogP contribution in [-0.4, -0.2) is 48.6 Å². The molecular formula is C15H22Cl2N2S. The molecule has 112 valence electrons. The van der Waals surface area contributed by atoms with Crippen LogP contribution in [0.2, 0.25) is 10.0 Å². The Morgan fingerprint density at radius 2 is 2.20 bits per heavy atom. The maximum atomic E-state index is 6.12. The highest BCUT2D eigenvalue weighted by molar-refractivity contribution is 7.99. The van der Waals surface area contributed by atoms with Gasteiger partial charge < -0.3 is 10.2 Å². The quantitative estimate of drug-likeness (QED) is 0.887. The number of rotatable bonds is 5. The van der Waals surface area contributed by atoms with Crippen LogP contribution in [0.25, 0.3) is 0 Å². The molecule has 20 heavy (non-hydrogen) atoms. The van der Waals surface area contributed by atoms with Crippen molar-refractivity contribution in [2.24, 2.45) is 0 Å². The van der Waals surface area contributed by atoms with Crippen LogP contribution in [0, 0.1) is 0 Å². The summed E-state index contributed by atoms with van der Waals surface area (Å²) in [5, 5.41) is 4.90. The summed E-state index contributed by atoms with van der Waals surface area (Å²) in [4.78, 5) is 2.47. The molecule has 5 heteroatoms. The van der Waals surface area contributed by atoms with Crippen molar-refractivity contribution in [3.63, 3.8) is 0 Å². The van der Waals surface area contributed by atoms with Crippen molar-refractivity contribution in [3.8, 4) is 0 Å². The summed E-state index contributed by atoms with van der Waals surface area (Å²) in [6, 6.07) is 6.98. The number of hydrogen-bond acceptors (Lipinski definition) is 3. The summed E-state index contributed by atoms with van der Waals surface area (Å²) < 4.78 is 0. The van der Waals surface area contributed by atoms with Gasteiger partial charge in [0.25, 0.3) is 0 Å². The Kier molecular flexibility index (Phi) is 6.50. The van der Waals surface area contributed by atoms with E-state index in [9.17, 15) is 0 Å². The molecule has 1 heterocycles. The topological polar surface area (TPSA) is 15.3 Å². The predicted octanol–water partition coefficient (Wildman–Crippen LogP) is 3.56. The van der Waals surface area contributed by atoms with Gasteiger partial charge in [0.05, 0.1) is 10.0 Å². The molecule has 1 aliphatic rings. The van der Waals surface area contributed by atoms with Crippen LogP contribution < -0.4 is 5.32 Å². The van der Waals surface area contributed by atoms with Crippen molar-refractivity contribution in [2.75, 3.05) is 31.6 Å². The standard InChI is InChI=1S/C15H22Cl2N2S/c1-3-18-14(15-10-20-7-6-19(15)2)9-11-4-5-12(16)13(17)8-11/h4-5,8,14-15,18H,3,6-7,9-10H2,1-2H3. The molecular weight excluding hydrogens is 311 g/mol. The van der Waals surface area contributed by atoms with Crippen molar-refractivity contribution in [1.29, 1.82) is 0 Å². The molecule has 1 fully saturated rings. The van der Waals surface area contributed by atoms with Crippen LogP contribution in [-0.2, 0) is 6.42 Å². The number of halogens is 2. The van der Waals surface area contributed by atoms with Crippen molar-refractivity contribution >= 4 is 35.0 Å². The molecule has 1 aromatic carbocycles. The van der Waals surface area contributed by atoms with E-state index in [0.29, 0.717) is 22.1 Å². The first-order valence-electron chi connectivity index (χ1n) is 7.07. The Morgan fingerprint density at radius 3 is 2.85 bits per heavy atom. The van der Waals surface area contributed by atoms with Gasteiger partial charge in [-0.15, -0.1) is 0 Å². The fourth-order valence-electron chi connectivity index (χ4n) is 2.66. The van der Waals surface area contributed by atoms with Crippen LogP contribution in [0.15, 0.2) is 18.2 Å². The van der Waals surface area contributed by atoms with Gasteiger partial charge in [-0.2, -0.15) is 11.8 Å². The van der Waals surface area contributed by atoms with Crippen LogP contribution >= 0.6 is 35.0 Å². The smallest absolute Gasteiger partial charge is 0.0595 e. The first-order valence-corrected chi connectivity index (χ1v) is 8.98. The van der Waals surface area contributed by atoms with E-state index in [4.69, 9.17) is 23.2 Å². The number of benzene rings is 1. The van der Waals surface area contributed by atoms with E-state index in [1.54, 1.807) is 0 Å². The summed E-state index contributed by atoms with van der Waals surface area (Å²) in [5.41, 5.74) is 1.24. The van der Waals surface area contributed by atoms with Crippen molar-refractivity contribution < 1.29 is 0 Å². The highest BCUT2D eigenvalue weighted by atomic mass is 35.5. The zero-order valence-corrected chi connectivity index (χ0v) is 14.4. The Morgan fingerprint density at radius 1 is 1.40 bits per heavy atom. The number of hydrogen-bond donors (Lipinski definition) is 1. The molecule has 2 rings (SSSR count). The molecule has 0 saturated carbocycles. The molecule has 2 atom stereocenters. The third kappa shape index (κ3) is 4.28. The lowest BCUT2D eigenvalue weighted by molar-refractivity contribution is 0.215. The lowest BCUT2D eigenvalue weighted by Gasteiger charge is -2.38. The SMILES string of the molecule is CCNC(Cc1ccc(Cl)c(Cl)c1)C1CSCCN1C. The van der Waals surface area contributed by atoms with E-state index in [0.717, 1.165) is 13.0 Å². The number of likely N-dealkylation sites (N-methyl/N-ethyl adjacent to an activating group) is 2. The Hall–Kier alpha value is 0.0700. The van der Waals surface area contributed by atoms with Crippen LogP contribution in [0.5, 0.6) is 0 Å². The zero-order valence-electron chi connectivity index (χ0n) is 12.0. The molecule has 0 amide bonds. The Balaban J connectivity index is 2.09. The first-order chi connectivity index (χ1) is 9.61. The largest absolute Gasteiger partial charge is 0.312 e. The average Bonchev–Trinajstić information content (AvgIpc) is 2.43. The van der Waals surface area contributed by atoms with Crippen LogP contribution in [0.1, 0.15) is 12.5 Å². The fraction of sp³-hybridized carbons (Fsp3) is 0.600. The predicted molar refractivity (Wildman–Crippen MR) is 91.4 cm³/mol. The maximum absolute atomic E-state index is 6.12. The molecule has 0 spiro atoms. The Bertz CT molecular complexity index is 442. The van der Waals surface area contributed by atoms with Crippen molar-refractivity contribution in [2.45, 2.75) is 25.4 Å². The highest BCUT2D eigenvalue weighted by Crippen LogP contribution is 2.25. The van der Waals surface area contributed by atoms with Gasteiger partial charge in [-0.3, -0.25) is 0 Å². The minimum Gasteiger partial charge on any atom is -0.312 e. The molecule has 0 bridgehead atoms. The van der Waals surface area contributed by atoms with E-state index in [1.165, 1.54) is 23.6 Å². The molecule has 1 aliphatic heterocycles. The average molecular weight is 333 g/mol. The molecule has 2 nitrogen and oxygen atoms in total. The minimum atomic E-state index is 0.454. The van der Waals surface area contributed by atoms with Gasteiger partial charge in [0.15, 0.2) is 0 Å². The monoisotopic (exact) mass is 332 g/mol. The fourth-order valence-corrected chi connectivity index (χ4v) is 4.29. The second-order valence-electron chi connectivity index (χ2n) is 5.24. The number of nitrogens with one attached hydrogen (secondary N) is 1. The van der Waals surface area contributed by atoms with Gasteiger partial charge in [0, 0.05) is 30.1 Å². The third-order valence-corrected chi connectivity index (χ3v) is 5.60. The van der Waals surface area contributed by atoms with E-state index < -0.39 is 0 Å². The lowest BCUT2D eigenvalue weighted by atomic mass is 9.99. The number of nitrogens with zero attached hydrogens (tertiary/aromatic N) is 1. The molecule has 1 N–H and O–H groups in total. The second-order valence-corrected chi connectivity index (χ2v) is 7.20. The Labute approximate surface area is 136 Å². The molecule has 0 radical (unpaired) electrons. The first kappa shape index (κ1) is 16.4. The van der Waals surface area contributed by atoms with Crippen LogP contribution in [0.4, 0.5) is 0 Å². The van der Waals surface area contributed by atoms with Gasteiger partial charge in [-0.1, -0.05) is 36.2 Å². The van der Waals surface area contributed by atoms with E-state index in [1.807, 2.05) is 23.9 Å². The lowest BCUT2D eigenvalue weighted by Crippen LogP contribution is -2.53. The summed E-state index contributed by atoms with van der Waals surface area (Å²) in [6.07, 6.45) is 0.986. The van der Waals surface area contributed by atoms with Crippen molar-refractivity contribution in [3.05, 3.63) is 33.8 Å². The number of thioether (sulfide) groups is 1. The summed E-state index contributed by atoms with van der Waals surface area (Å²) in [7, 11) is 2.23. The van der Waals surface area contributed by atoms with Gasteiger partial charge in [-0.25, -0.2) is 0 Å². The van der Waals surface area contributed by atoms with E-state index >= 15 is 0 Å². The summed E-state index contributed by atoms with van der Waals surface area (Å²) in [6.45, 7) is 4.32. The summed E-state index contributed by atoms with van der Waals surface area (Å²) >= 11 is 14.2. The molecule has 2 unspecified atom stereocenters. The molecule has 0 aliphatic carbocycles. The minimum absolute atomic E-state index is 0.454. The van der Waals surface area contributed by atoms with E-state index in [-0.39, 0.29) is 0 Å². The van der Waals surface area contributed by atoms with Crippen LogP contribution in [0.3, 0.4) is 0 Å². The third-order valence-electron chi connectivity index (χ3n) is 3.81. The maximum Gasteiger partial charge on any atom is 0.0595 e. The highest BCUT2D eigenvalue weighted by Gasteiger charge is 2.27. The summed E-state index contributed by atoms with van der Waals surface area (Å²) in [5.74, 6) is 2.42. The normalized spacial score (nSPS) is 21.9. The van der Waals surface area contributed by atoms with Gasteiger partial charge >= 0.3 is 0 Å². The second kappa shape index (κ2) is 7.90. The molecule has 0 aromatic heterocycles. The zero-order chi connectivity index (χ0) is 14.5. The molecule has 1 saturated heterocycles.